The van der Waals surface area contributed by atoms with Crippen molar-refractivity contribution >= 4 is 29.9 Å². The van der Waals surface area contributed by atoms with Crippen LogP contribution in [-0.4, -0.2) is 24.4 Å². The lowest BCUT2D eigenvalue weighted by molar-refractivity contribution is -0.123. The van der Waals surface area contributed by atoms with Gasteiger partial charge < -0.3 is 16.4 Å². The molecule has 0 radical (unpaired) electrons. The van der Waals surface area contributed by atoms with E-state index in [0.717, 1.165) is 0 Å². The highest BCUT2D eigenvalue weighted by molar-refractivity contribution is 6.04. The van der Waals surface area contributed by atoms with E-state index < -0.39 is 5.41 Å². The Hall–Kier alpha value is -1.59. The van der Waals surface area contributed by atoms with E-state index in [1.165, 1.54) is 0 Å². The molecular formula is C16H26ClN3O2. The number of halogens is 1. The molecule has 6 heteroatoms. The van der Waals surface area contributed by atoms with Crippen molar-refractivity contribution in [2.24, 2.45) is 11.1 Å². The minimum atomic E-state index is -0.515. The second-order valence-corrected chi connectivity index (χ2v) is 6.27. The van der Waals surface area contributed by atoms with Gasteiger partial charge in [0.1, 0.15) is 0 Å². The Morgan fingerprint density at radius 2 is 1.82 bits per heavy atom. The quantitative estimate of drug-likeness (QED) is 0.777. The maximum Gasteiger partial charge on any atom is 0.253 e. The van der Waals surface area contributed by atoms with Crippen molar-refractivity contribution in [1.29, 1.82) is 0 Å². The van der Waals surface area contributed by atoms with E-state index in [4.69, 9.17) is 5.73 Å². The van der Waals surface area contributed by atoms with E-state index >= 15 is 0 Å². The minimum Gasteiger partial charge on any atom is -0.352 e. The predicted octanol–water partition coefficient (Wildman–Crippen LogP) is 2.56. The third-order valence-electron chi connectivity index (χ3n) is 2.99. The summed E-state index contributed by atoms with van der Waals surface area (Å²) in [5, 5.41) is 5.62. The number of carbonyl (C=O) groups is 2. The van der Waals surface area contributed by atoms with E-state index in [1.807, 2.05) is 27.7 Å². The number of para-hydroxylation sites is 1. The summed E-state index contributed by atoms with van der Waals surface area (Å²) in [7, 11) is 0. The smallest absolute Gasteiger partial charge is 0.253 e. The van der Waals surface area contributed by atoms with Crippen LogP contribution in [0, 0.1) is 5.41 Å². The number of nitrogens with one attached hydrogen (secondary N) is 2. The molecule has 0 saturated carbocycles. The van der Waals surface area contributed by atoms with Crippen LogP contribution in [0.15, 0.2) is 24.3 Å². The molecule has 0 heterocycles. The van der Waals surface area contributed by atoms with Gasteiger partial charge in [0, 0.05) is 18.0 Å². The van der Waals surface area contributed by atoms with Gasteiger partial charge in [-0.25, -0.2) is 0 Å². The molecule has 124 valence electrons. The monoisotopic (exact) mass is 327 g/mol. The molecule has 0 aliphatic heterocycles. The summed E-state index contributed by atoms with van der Waals surface area (Å²) in [6.45, 7) is 7.89. The second-order valence-electron chi connectivity index (χ2n) is 6.27. The summed E-state index contributed by atoms with van der Waals surface area (Å²) in [5.41, 5.74) is 6.12. The van der Waals surface area contributed by atoms with Crippen molar-refractivity contribution in [1.82, 2.24) is 5.32 Å². The molecule has 22 heavy (non-hydrogen) atoms. The number of hydrogen-bond acceptors (Lipinski definition) is 3. The summed E-state index contributed by atoms with van der Waals surface area (Å²) < 4.78 is 0. The van der Waals surface area contributed by atoms with Crippen LogP contribution < -0.4 is 16.4 Å². The van der Waals surface area contributed by atoms with Crippen molar-refractivity contribution in [2.45, 2.75) is 40.2 Å². The molecule has 0 bridgehead atoms. The maximum absolute atomic E-state index is 12.2. The summed E-state index contributed by atoms with van der Waals surface area (Å²) in [6, 6.07) is 7.02. The number of benzene rings is 1. The van der Waals surface area contributed by atoms with Crippen LogP contribution in [0.1, 0.15) is 44.5 Å². The van der Waals surface area contributed by atoms with Gasteiger partial charge in [0.25, 0.3) is 5.91 Å². The maximum atomic E-state index is 12.2. The van der Waals surface area contributed by atoms with Crippen LogP contribution in [0.25, 0.3) is 0 Å². The summed E-state index contributed by atoms with van der Waals surface area (Å²) in [6.07, 6.45) is 0.711. The van der Waals surface area contributed by atoms with Gasteiger partial charge >= 0.3 is 0 Å². The molecule has 4 N–H and O–H groups in total. The lowest BCUT2D eigenvalue weighted by atomic mass is 9.95. The number of nitrogens with two attached hydrogens (primary N) is 1. The molecule has 1 aromatic carbocycles. The third kappa shape index (κ3) is 6.45. The highest BCUT2D eigenvalue weighted by atomic mass is 35.5. The fourth-order valence-electron chi connectivity index (χ4n) is 1.61. The Kier molecular flexibility index (Phi) is 8.12. The molecule has 0 aliphatic rings. The summed E-state index contributed by atoms with van der Waals surface area (Å²) in [5.74, 6) is -0.334. The van der Waals surface area contributed by atoms with Crippen LogP contribution in [0.4, 0.5) is 5.69 Å². The number of hydrogen-bond donors (Lipinski definition) is 3. The topological polar surface area (TPSA) is 84.2 Å². The molecule has 0 spiro atoms. The van der Waals surface area contributed by atoms with Crippen LogP contribution in [0.3, 0.4) is 0 Å². The summed E-state index contributed by atoms with van der Waals surface area (Å²) in [4.78, 5) is 24.2. The fourth-order valence-corrected chi connectivity index (χ4v) is 1.61. The van der Waals surface area contributed by atoms with Gasteiger partial charge in [-0.3, -0.25) is 9.59 Å². The average Bonchev–Trinajstić information content (AvgIpc) is 2.37. The molecule has 2 amide bonds. The SMILES string of the molecule is CC(N)CCNC(=O)c1ccccc1NC(=O)C(C)(C)C.Cl. The zero-order valence-electron chi connectivity index (χ0n) is 13.6. The molecule has 1 atom stereocenters. The van der Waals surface area contributed by atoms with Crippen LogP contribution in [0.5, 0.6) is 0 Å². The Balaban J connectivity index is 0.00000441. The number of amides is 2. The van der Waals surface area contributed by atoms with Crippen LogP contribution >= 0.6 is 12.4 Å². The highest BCUT2D eigenvalue weighted by Gasteiger charge is 2.22. The lowest BCUT2D eigenvalue weighted by Crippen LogP contribution is -2.31. The van der Waals surface area contributed by atoms with Gasteiger partial charge in [0.2, 0.25) is 5.91 Å². The molecule has 5 nitrogen and oxygen atoms in total. The average molecular weight is 328 g/mol. The van der Waals surface area contributed by atoms with E-state index in [9.17, 15) is 9.59 Å². The largest absolute Gasteiger partial charge is 0.352 e. The Morgan fingerprint density at radius 3 is 2.36 bits per heavy atom. The number of anilines is 1. The normalized spacial score (nSPS) is 12.0. The Bertz CT molecular complexity index is 510. The van der Waals surface area contributed by atoms with E-state index in [2.05, 4.69) is 10.6 Å². The van der Waals surface area contributed by atoms with Gasteiger partial charge in [-0.05, 0) is 25.5 Å². The van der Waals surface area contributed by atoms with Gasteiger partial charge in [0.05, 0.1) is 11.3 Å². The van der Waals surface area contributed by atoms with Crippen LogP contribution in [-0.2, 0) is 4.79 Å². The van der Waals surface area contributed by atoms with Crippen LogP contribution in [0.2, 0.25) is 0 Å². The molecule has 1 unspecified atom stereocenters. The first-order chi connectivity index (χ1) is 9.71. The predicted molar refractivity (Wildman–Crippen MR) is 92.4 cm³/mol. The minimum absolute atomic E-state index is 0. The highest BCUT2D eigenvalue weighted by Crippen LogP contribution is 2.20. The summed E-state index contributed by atoms with van der Waals surface area (Å²) >= 11 is 0. The van der Waals surface area contributed by atoms with Gasteiger partial charge in [-0.15, -0.1) is 12.4 Å². The first kappa shape index (κ1) is 20.4. The van der Waals surface area contributed by atoms with E-state index in [-0.39, 0.29) is 30.3 Å². The number of carbonyl (C=O) groups excluding carboxylic acids is 2. The van der Waals surface area contributed by atoms with Crippen molar-refractivity contribution in [3.63, 3.8) is 0 Å². The third-order valence-corrected chi connectivity index (χ3v) is 2.99. The van der Waals surface area contributed by atoms with E-state index in [1.54, 1.807) is 24.3 Å². The molecule has 1 rings (SSSR count). The van der Waals surface area contributed by atoms with Crippen molar-refractivity contribution < 1.29 is 9.59 Å². The molecule has 0 fully saturated rings. The van der Waals surface area contributed by atoms with Crippen molar-refractivity contribution in [3.05, 3.63) is 29.8 Å². The first-order valence-electron chi connectivity index (χ1n) is 7.16. The Labute approximate surface area is 138 Å². The second kappa shape index (κ2) is 8.76. The van der Waals surface area contributed by atoms with E-state index in [0.29, 0.717) is 24.2 Å². The first-order valence-corrected chi connectivity index (χ1v) is 7.16. The fraction of sp³-hybridized carbons (Fsp3) is 0.500. The lowest BCUT2D eigenvalue weighted by Gasteiger charge is -2.19. The standard InChI is InChI=1S/C16H25N3O2.ClH/c1-11(17)9-10-18-14(20)12-7-5-6-8-13(12)19-15(21)16(2,3)4;/h5-8,11H,9-10,17H2,1-4H3,(H,18,20)(H,19,21);1H. The zero-order valence-corrected chi connectivity index (χ0v) is 14.4. The molecule has 0 aromatic heterocycles. The number of rotatable bonds is 5. The van der Waals surface area contributed by atoms with Crippen molar-refractivity contribution in [3.8, 4) is 0 Å². The zero-order chi connectivity index (χ0) is 16.0. The molecule has 0 saturated heterocycles. The van der Waals surface area contributed by atoms with Crippen molar-refractivity contribution in [2.75, 3.05) is 11.9 Å². The molecule has 0 aliphatic carbocycles. The molecule has 1 aromatic rings. The Morgan fingerprint density at radius 1 is 1.23 bits per heavy atom. The van der Waals surface area contributed by atoms with Gasteiger partial charge in [-0.1, -0.05) is 32.9 Å². The van der Waals surface area contributed by atoms with Gasteiger partial charge in [-0.2, -0.15) is 0 Å². The van der Waals surface area contributed by atoms with Gasteiger partial charge in [0.15, 0.2) is 0 Å². The molecular weight excluding hydrogens is 302 g/mol.